The summed E-state index contributed by atoms with van der Waals surface area (Å²) in [5.74, 6) is 0.139. The van der Waals surface area contributed by atoms with Gasteiger partial charge in [0.25, 0.3) is 5.91 Å². The molecule has 21 heavy (non-hydrogen) atoms. The third kappa shape index (κ3) is 2.75. The number of benzene rings is 1. The number of thiazole rings is 1. The zero-order valence-corrected chi connectivity index (χ0v) is 12.6. The largest absolute Gasteiger partial charge is 0.451 e. The predicted octanol–water partition coefficient (Wildman–Crippen LogP) is 3.05. The van der Waals surface area contributed by atoms with Crippen LogP contribution in [0.15, 0.2) is 34.1 Å². The number of aromatic nitrogens is 1. The number of fused-ring (bicyclic) bond motifs is 1. The van der Waals surface area contributed by atoms with Crippen LogP contribution in [0.4, 0.5) is 5.69 Å². The van der Waals surface area contributed by atoms with E-state index in [0.717, 1.165) is 16.1 Å². The summed E-state index contributed by atoms with van der Waals surface area (Å²) in [4.78, 5) is 18.3. The van der Waals surface area contributed by atoms with E-state index in [2.05, 4.69) is 4.98 Å². The van der Waals surface area contributed by atoms with Gasteiger partial charge in [-0.1, -0.05) is 0 Å². The number of amides is 1. The van der Waals surface area contributed by atoms with Crippen molar-refractivity contribution in [3.63, 3.8) is 0 Å². The maximum absolute atomic E-state index is 12.4. The first-order valence-electron chi connectivity index (χ1n) is 6.48. The van der Waals surface area contributed by atoms with E-state index in [1.807, 2.05) is 12.3 Å². The molecule has 0 fully saturated rings. The van der Waals surface area contributed by atoms with Crippen LogP contribution in [0.3, 0.4) is 0 Å². The molecule has 108 valence electrons. The topological polar surface area (TPSA) is 72.4 Å². The lowest BCUT2D eigenvalue weighted by Crippen LogP contribution is -2.25. The van der Waals surface area contributed by atoms with Crippen LogP contribution >= 0.6 is 11.3 Å². The third-order valence-corrected chi connectivity index (χ3v) is 3.99. The van der Waals surface area contributed by atoms with Crippen LogP contribution in [0.2, 0.25) is 0 Å². The Morgan fingerprint density at radius 2 is 2.24 bits per heavy atom. The van der Waals surface area contributed by atoms with E-state index < -0.39 is 0 Å². The van der Waals surface area contributed by atoms with Gasteiger partial charge < -0.3 is 15.1 Å². The minimum Gasteiger partial charge on any atom is -0.451 e. The van der Waals surface area contributed by atoms with Crippen molar-refractivity contribution in [1.29, 1.82) is 0 Å². The summed E-state index contributed by atoms with van der Waals surface area (Å²) in [6, 6.07) is 7.03. The second-order valence-corrected chi connectivity index (χ2v) is 5.99. The van der Waals surface area contributed by atoms with Crippen LogP contribution < -0.4 is 5.73 Å². The van der Waals surface area contributed by atoms with Gasteiger partial charge in [0, 0.05) is 23.5 Å². The number of hydrogen-bond acceptors (Lipinski definition) is 5. The van der Waals surface area contributed by atoms with Crippen molar-refractivity contribution in [1.82, 2.24) is 9.88 Å². The van der Waals surface area contributed by atoms with Gasteiger partial charge in [-0.05, 0) is 31.2 Å². The summed E-state index contributed by atoms with van der Waals surface area (Å²) in [6.07, 6.45) is 0. The molecule has 0 aliphatic carbocycles. The summed E-state index contributed by atoms with van der Waals surface area (Å²) >= 11 is 1.57. The predicted molar refractivity (Wildman–Crippen MR) is 83.3 cm³/mol. The average Bonchev–Trinajstić information content (AvgIpc) is 3.03. The van der Waals surface area contributed by atoms with Gasteiger partial charge in [0.2, 0.25) is 0 Å². The number of rotatable bonds is 3. The van der Waals surface area contributed by atoms with E-state index in [1.165, 1.54) is 0 Å². The second-order valence-electron chi connectivity index (χ2n) is 4.93. The number of furan rings is 1. The van der Waals surface area contributed by atoms with Crippen LogP contribution in [0, 0.1) is 6.92 Å². The molecule has 0 saturated heterocycles. The first-order valence-corrected chi connectivity index (χ1v) is 7.36. The SMILES string of the molecule is Cc1nc(CN(C)C(=O)c2cc3cc(N)ccc3o2)cs1. The maximum Gasteiger partial charge on any atom is 0.289 e. The maximum atomic E-state index is 12.4. The van der Waals surface area contributed by atoms with E-state index in [9.17, 15) is 4.79 Å². The normalized spacial score (nSPS) is 11.0. The molecule has 3 rings (SSSR count). The molecule has 2 aromatic heterocycles. The minimum absolute atomic E-state index is 0.171. The molecule has 0 aliphatic rings. The van der Waals surface area contributed by atoms with E-state index in [4.69, 9.17) is 10.2 Å². The molecule has 5 nitrogen and oxygen atoms in total. The van der Waals surface area contributed by atoms with Crippen LogP contribution in [-0.2, 0) is 6.54 Å². The van der Waals surface area contributed by atoms with Gasteiger partial charge >= 0.3 is 0 Å². The number of hydrogen-bond donors (Lipinski definition) is 1. The van der Waals surface area contributed by atoms with Crippen molar-refractivity contribution in [2.45, 2.75) is 13.5 Å². The van der Waals surface area contributed by atoms with E-state index >= 15 is 0 Å². The second kappa shape index (κ2) is 5.21. The lowest BCUT2D eigenvalue weighted by atomic mass is 10.2. The Bertz CT molecular complexity index is 806. The fourth-order valence-electron chi connectivity index (χ4n) is 2.15. The van der Waals surface area contributed by atoms with Crippen molar-refractivity contribution in [2.24, 2.45) is 0 Å². The van der Waals surface area contributed by atoms with Gasteiger partial charge in [0.1, 0.15) is 5.58 Å². The van der Waals surface area contributed by atoms with Crippen LogP contribution in [0.25, 0.3) is 11.0 Å². The number of carbonyl (C=O) groups excluding carboxylic acids is 1. The van der Waals surface area contributed by atoms with Gasteiger partial charge in [-0.3, -0.25) is 4.79 Å². The molecule has 3 aromatic rings. The highest BCUT2D eigenvalue weighted by Crippen LogP contribution is 2.23. The molecular weight excluding hydrogens is 286 g/mol. The van der Waals surface area contributed by atoms with Crippen molar-refractivity contribution in [3.8, 4) is 0 Å². The lowest BCUT2D eigenvalue weighted by Gasteiger charge is -2.13. The zero-order chi connectivity index (χ0) is 15.0. The van der Waals surface area contributed by atoms with Gasteiger partial charge in [-0.15, -0.1) is 11.3 Å². The Kier molecular flexibility index (Phi) is 3.39. The number of nitrogens with zero attached hydrogens (tertiary/aromatic N) is 2. The molecule has 2 N–H and O–H groups in total. The molecule has 0 atom stereocenters. The number of nitrogens with two attached hydrogens (primary N) is 1. The van der Waals surface area contributed by atoms with Gasteiger partial charge in [0.05, 0.1) is 17.2 Å². The Morgan fingerprint density at radius 1 is 1.43 bits per heavy atom. The van der Waals surface area contributed by atoms with Crippen molar-refractivity contribution in [3.05, 3.63) is 46.1 Å². The molecule has 0 aliphatic heterocycles. The first-order chi connectivity index (χ1) is 10.0. The van der Waals surface area contributed by atoms with Gasteiger partial charge in [0.15, 0.2) is 5.76 Å². The fraction of sp³-hybridized carbons (Fsp3) is 0.200. The summed E-state index contributed by atoms with van der Waals surface area (Å²) in [5, 5.41) is 3.78. The smallest absolute Gasteiger partial charge is 0.289 e. The third-order valence-electron chi connectivity index (χ3n) is 3.16. The Morgan fingerprint density at radius 3 is 2.95 bits per heavy atom. The number of anilines is 1. The number of carbonyl (C=O) groups is 1. The van der Waals surface area contributed by atoms with Crippen molar-refractivity contribution >= 4 is 33.9 Å². The standard InChI is InChI=1S/C15H15N3O2S/c1-9-17-12(8-21-9)7-18(2)15(19)14-6-10-5-11(16)3-4-13(10)20-14/h3-6,8H,7,16H2,1-2H3. The molecular formula is C15H15N3O2S. The van der Waals surface area contributed by atoms with Gasteiger partial charge in [-0.2, -0.15) is 0 Å². The molecule has 2 heterocycles. The summed E-state index contributed by atoms with van der Waals surface area (Å²) < 4.78 is 5.58. The summed E-state index contributed by atoms with van der Waals surface area (Å²) in [7, 11) is 1.73. The van der Waals surface area contributed by atoms with Crippen molar-refractivity contribution in [2.75, 3.05) is 12.8 Å². The number of nitrogen functional groups attached to an aromatic ring is 1. The zero-order valence-electron chi connectivity index (χ0n) is 11.8. The molecule has 0 radical (unpaired) electrons. The van der Waals surface area contributed by atoms with E-state index in [1.54, 1.807) is 47.5 Å². The fourth-order valence-corrected chi connectivity index (χ4v) is 2.75. The molecule has 0 bridgehead atoms. The quantitative estimate of drug-likeness (QED) is 0.755. The molecule has 1 amide bonds. The molecule has 1 aromatic carbocycles. The average molecular weight is 301 g/mol. The Labute approximate surface area is 126 Å². The van der Waals surface area contributed by atoms with E-state index in [0.29, 0.717) is 23.6 Å². The Hall–Kier alpha value is -2.34. The monoisotopic (exact) mass is 301 g/mol. The summed E-state index contributed by atoms with van der Waals surface area (Å²) in [5.41, 5.74) is 7.92. The van der Waals surface area contributed by atoms with Gasteiger partial charge in [-0.25, -0.2) is 4.98 Å². The number of aryl methyl sites for hydroxylation is 1. The molecule has 0 spiro atoms. The van der Waals surface area contributed by atoms with Crippen LogP contribution in [-0.4, -0.2) is 22.8 Å². The summed E-state index contributed by atoms with van der Waals surface area (Å²) in [6.45, 7) is 2.40. The molecule has 0 saturated carbocycles. The lowest BCUT2D eigenvalue weighted by molar-refractivity contribution is 0.0754. The van der Waals surface area contributed by atoms with Crippen LogP contribution in [0.1, 0.15) is 21.3 Å². The highest BCUT2D eigenvalue weighted by Gasteiger charge is 2.17. The highest BCUT2D eigenvalue weighted by atomic mass is 32.1. The molecule has 6 heteroatoms. The minimum atomic E-state index is -0.171. The molecule has 0 unspecified atom stereocenters. The Balaban J connectivity index is 1.82. The highest BCUT2D eigenvalue weighted by molar-refractivity contribution is 7.09. The van der Waals surface area contributed by atoms with E-state index in [-0.39, 0.29) is 5.91 Å². The van der Waals surface area contributed by atoms with Crippen LogP contribution in [0.5, 0.6) is 0 Å². The first kappa shape index (κ1) is 13.6. The van der Waals surface area contributed by atoms with Crippen molar-refractivity contribution < 1.29 is 9.21 Å².